The maximum absolute atomic E-state index is 12.0. The van der Waals surface area contributed by atoms with Gasteiger partial charge in [0.15, 0.2) is 0 Å². The minimum absolute atomic E-state index is 0.121. The van der Waals surface area contributed by atoms with Crippen LogP contribution in [0.5, 0.6) is 0 Å². The molecule has 0 amide bonds. The number of sulfonamides is 1. The molecule has 118 valence electrons. The second-order valence-corrected chi connectivity index (χ2v) is 7.42. The fraction of sp³-hybridized carbons (Fsp3) is 0.467. The molecule has 6 heteroatoms. The molecule has 0 saturated heterocycles. The van der Waals surface area contributed by atoms with Gasteiger partial charge in [0, 0.05) is 22.5 Å². The topological polar surface area (TPSA) is 49.4 Å². The zero-order chi connectivity index (χ0) is 15.9. The van der Waals surface area contributed by atoms with Gasteiger partial charge in [0.2, 0.25) is 10.0 Å². The highest BCUT2D eigenvalue weighted by Gasteiger charge is 2.13. The zero-order valence-electron chi connectivity index (χ0n) is 12.7. The summed E-state index contributed by atoms with van der Waals surface area (Å²) in [5.41, 5.74) is 0.847. The summed E-state index contributed by atoms with van der Waals surface area (Å²) in [6, 6.07) is 7.35. The molecule has 0 bridgehead atoms. The van der Waals surface area contributed by atoms with Gasteiger partial charge < -0.3 is 4.90 Å². The Kier molecular flexibility index (Phi) is 7.59. The van der Waals surface area contributed by atoms with Crippen LogP contribution in [0, 0.1) is 0 Å². The molecular weight excluding hydrogens is 352 g/mol. The lowest BCUT2D eigenvalue weighted by atomic mass is 10.2. The normalized spacial score (nSPS) is 14.0. The lowest BCUT2D eigenvalue weighted by molar-refractivity contribution is 0.282. The summed E-state index contributed by atoms with van der Waals surface area (Å²) in [4.78, 5) is 2.19. The number of halogens is 1. The van der Waals surface area contributed by atoms with Gasteiger partial charge in [-0.1, -0.05) is 41.9 Å². The van der Waals surface area contributed by atoms with Crippen molar-refractivity contribution >= 4 is 32.0 Å². The molecule has 0 heterocycles. The summed E-state index contributed by atoms with van der Waals surface area (Å²) in [7, 11) is -3.42. The summed E-state index contributed by atoms with van der Waals surface area (Å²) in [5.74, 6) is 0. The van der Waals surface area contributed by atoms with Crippen LogP contribution in [0.2, 0.25) is 0 Å². The molecule has 0 fully saturated rings. The first kappa shape index (κ1) is 18.4. The summed E-state index contributed by atoms with van der Waals surface area (Å²) in [6.07, 6.45) is 1.60. The predicted octanol–water partition coefficient (Wildman–Crippen LogP) is 3.07. The van der Waals surface area contributed by atoms with Gasteiger partial charge in [-0.2, -0.15) is 0 Å². The molecule has 0 saturated carbocycles. The Morgan fingerprint density at radius 2 is 1.81 bits per heavy atom. The van der Waals surface area contributed by atoms with Crippen LogP contribution in [0.15, 0.2) is 34.1 Å². The van der Waals surface area contributed by atoms with Crippen LogP contribution in [-0.2, 0) is 10.0 Å². The Balaban J connectivity index is 2.62. The largest absolute Gasteiger partial charge is 0.302 e. The van der Waals surface area contributed by atoms with Crippen LogP contribution < -0.4 is 4.72 Å². The predicted molar refractivity (Wildman–Crippen MR) is 92.5 cm³/mol. The van der Waals surface area contributed by atoms with Crippen molar-refractivity contribution in [2.75, 3.05) is 19.6 Å². The van der Waals surface area contributed by atoms with Crippen LogP contribution in [0.1, 0.15) is 26.3 Å². The molecule has 0 aliphatic carbocycles. The van der Waals surface area contributed by atoms with Gasteiger partial charge in [-0.25, -0.2) is 13.1 Å². The summed E-state index contributed by atoms with van der Waals surface area (Å²) >= 11 is 3.35. The molecule has 0 aliphatic rings. The number of benzene rings is 1. The minimum atomic E-state index is -3.42. The summed E-state index contributed by atoms with van der Waals surface area (Å²) < 4.78 is 27.7. The maximum Gasteiger partial charge on any atom is 0.234 e. The average molecular weight is 375 g/mol. The van der Waals surface area contributed by atoms with Gasteiger partial charge in [-0.05, 0) is 43.8 Å². The Labute approximate surface area is 136 Å². The highest BCUT2D eigenvalue weighted by molar-refractivity contribution is 9.10. The van der Waals surface area contributed by atoms with Gasteiger partial charge in [0.05, 0.1) is 0 Å². The second-order valence-electron chi connectivity index (χ2n) is 4.90. The molecule has 4 nitrogen and oxygen atoms in total. The number of hydrogen-bond donors (Lipinski definition) is 1. The van der Waals surface area contributed by atoms with Gasteiger partial charge in [0.1, 0.15) is 0 Å². The van der Waals surface area contributed by atoms with Gasteiger partial charge in [-0.15, -0.1) is 0 Å². The van der Waals surface area contributed by atoms with Crippen LogP contribution in [0.3, 0.4) is 0 Å². The lowest BCUT2D eigenvalue weighted by Gasteiger charge is -2.22. The van der Waals surface area contributed by atoms with Crippen molar-refractivity contribution < 1.29 is 8.42 Å². The van der Waals surface area contributed by atoms with E-state index in [9.17, 15) is 8.42 Å². The van der Waals surface area contributed by atoms with Crippen LogP contribution in [0.25, 0.3) is 6.08 Å². The molecule has 21 heavy (non-hydrogen) atoms. The van der Waals surface area contributed by atoms with Crippen molar-refractivity contribution in [1.29, 1.82) is 0 Å². The summed E-state index contributed by atoms with van der Waals surface area (Å²) in [6.45, 7) is 8.55. The molecular formula is C15H23BrN2O2S. The van der Waals surface area contributed by atoms with E-state index >= 15 is 0 Å². The van der Waals surface area contributed by atoms with Crippen LogP contribution in [0.4, 0.5) is 0 Å². The van der Waals surface area contributed by atoms with E-state index in [1.807, 2.05) is 31.2 Å². The lowest BCUT2D eigenvalue weighted by Crippen LogP contribution is -2.41. The molecule has 1 rings (SSSR count). The fourth-order valence-corrected chi connectivity index (χ4v) is 3.28. The van der Waals surface area contributed by atoms with Crippen molar-refractivity contribution in [2.24, 2.45) is 0 Å². The molecule has 1 N–H and O–H groups in total. The van der Waals surface area contributed by atoms with E-state index < -0.39 is 10.0 Å². The molecule has 1 unspecified atom stereocenters. The smallest absolute Gasteiger partial charge is 0.234 e. The maximum atomic E-state index is 12.0. The van der Waals surface area contributed by atoms with Crippen molar-refractivity contribution in [1.82, 2.24) is 9.62 Å². The van der Waals surface area contributed by atoms with Gasteiger partial charge in [0.25, 0.3) is 0 Å². The Hall–Kier alpha value is -0.690. The molecule has 1 atom stereocenters. The number of nitrogens with zero attached hydrogens (tertiary/aromatic N) is 1. The quantitative estimate of drug-likeness (QED) is 0.760. The van der Waals surface area contributed by atoms with E-state index in [1.165, 1.54) is 5.41 Å². The van der Waals surface area contributed by atoms with Crippen LogP contribution >= 0.6 is 15.9 Å². The van der Waals surface area contributed by atoms with Crippen molar-refractivity contribution in [3.63, 3.8) is 0 Å². The highest BCUT2D eigenvalue weighted by atomic mass is 79.9. The second kappa shape index (κ2) is 8.68. The molecule has 0 aromatic heterocycles. The van der Waals surface area contributed by atoms with Crippen molar-refractivity contribution in [2.45, 2.75) is 26.8 Å². The van der Waals surface area contributed by atoms with E-state index in [0.717, 1.165) is 23.1 Å². The number of hydrogen-bond acceptors (Lipinski definition) is 3. The number of rotatable bonds is 8. The Morgan fingerprint density at radius 1 is 1.24 bits per heavy atom. The third-order valence-electron chi connectivity index (χ3n) is 3.10. The molecule has 0 radical (unpaired) electrons. The highest BCUT2D eigenvalue weighted by Crippen LogP contribution is 2.12. The van der Waals surface area contributed by atoms with E-state index in [0.29, 0.717) is 6.54 Å². The monoisotopic (exact) mass is 374 g/mol. The minimum Gasteiger partial charge on any atom is -0.302 e. The number of nitrogens with one attached hydrogen (secondary N) is 1. The van der Waals surface area contributed by atoms with Crippen molar-refractivity contribution in [3.05, 3.63) is 39.7 Å². The third-order valence-corrected chi connectivity index (χ3v) is 4.86. The zero-order valence-corrected chi connectivity index (χ0v) is 15.1. The van der Waals surface area contributed by atoms with Gasteiger partial charge >= 0.3 is 0 Å². The third kappa shape index (κ3) is 7.22. The Bertz CT molecular complexity index is 552. The first-order valence-electron chi connectivity index (χ1n) is 7.04. The van der Waals surface area contributed by atoms with E-state index in [1.54, 1.807) is 6.08 Å². The van der Waals surface area contributed by atoms with Crippen LogP contribution in [-0.4, -0.2) is 39.0 Å². The summed E-state index contributed by atoms with van der Waals surface area (Å²) in [5, 5.41) is 1.22. The van der Waals surface area contributed by atoms with E-state index in [2.05, 4.69) is 39.4 Å². The molecule has 0 aliphatic heterocycles. The van der Waals surface area contributed by atoms with Gasteiger partial charge in [-0.3, -0.25) is 0 Å². The SMILES string of the molecule is CCN(CC)CC(C)NS(=O)(=O)/C=C/c1ccc(Br)cc1. The van der Waals surface area contributed by atoms with E-state index in [4.69, 9.17) is 0 Å². The molecule has 1 aromatic carbocycles. The van der Waals surface area contributed by atoms with Crippen molar-refractivity contribution in [3.8, 4) is 0 Å². The standard InChI is InChI=1S/C15H23BrN2O2S/c1-4-18(5-2)12-13(3)17-21(19,20)11-10-14-6-8-15(16)9-7-14/h6-11,13,17H,4-5,12H2,1-3H3/b11-10+. The number of likely N-dealkylation sites (N-methyl/N-ethyl adjacent to an activating group) is 1. The van der Waals surface area contributed by atoms with E-state index in [-0.39, 0.29) is 6.04 Å². The molecule has 0 spiro atoms. The molecule has 1 aromatic rings. The fourth-order valence-electron chi connectivity index (χ4n) is 1.97. The first-order valence-corrected chi connectivity index (χ1v) is 9.38. The average Bonchev–Trinajstić information content (AvgIpc) is 2.43. The first-order chi connectivity index (χ1) is 9.86. The Morgan fingerprint density at radius 3 is 2.33 bits per heavy atom.